The number of piperidine rings is 1. The van der Waals surface area contributed by atoms with Crippen LogP contribution >= 0.6 is 11.6 Å². The summed E-state index contributed by atoms with van der Waals surface area (Å²) in [5.74, 6) is 1.37. The Hall–Kier alpha value is -1.82. The maximum atomic E-state index is 11.1. The fourth-order valence-electron chi connectivity index (χ4n) is 2.49. The first-order valence-corrected chi connectivity index (χ1v) is 6.91. The van der Waals surface area contributed by atoms with Crippen molar-refractivity contribution in [3.05, 3.63) is 17.2 Å². The van der Waals surface area contributed by atoms with E-state index in [1.807, 2.05) is 6.07 Å². The number of primary amides is 1. The second-order valence-corrected chi connectivity index (χ2v) is 5.34. The van der Waals surface area contributed by atoms with Gasteiger partial charge in [0.05, 0.1) is 10.7 Å². The number of hydrogen-bond donors (Lipinski definition) is 2. The number of ether oxygens (including phenoxy) is 2. The highest BCUT2D eigenvalue weighted by Gasteiger charge is 2.23. The lowest BCUT2D eigenvalue weighted by Gasteiger charge is -2.31. The second-order valence-electron chi connectivity index (χ2n) is 4.93. The van der Waals surface area contributed by atoms with Gasteiger partial charge in [0.15, 0.2) is 11.5 Å². The molecule has 3 N–H and O–H groups in total. The first-order valence-electron chi connectivity index (χ1n) is 6.53. The van der Waals surface area contributed by atoms with Gasteiger partial charge in [-0.2, -0.15) is 0 Å². The van der Waals surface area contributed by atoms with E-state index in [2.05, 4.69) is 5.32 Å². The van der Waals surface area contributed by atoms with Crippen molar-refractivity contribution in [2.45, 2.75) is 18.9 Å². The van der Waals surface area contributed by atoms with Crippen LogP contribution < -0.4 is 20.5 Å². The van der Waals surface area contributed by atoms with E-state index in [1.165, 1.54) is 0 Å². The molecule has 0 aromatic heterocycles. The van der Waals surface area contributed by atoms with E-state index in [0.717, 1.165) is 18.5 Å². The van der Waals surface area contributed by atoms with E-state index in [9.17, 15) is 4.79 Å². The van der Waals surface area contributed by atoms with Gasteiger partial charge in [0, 0.05) is 31.3 Å². The number of rotatable bonds is 2. The molecule has 2 aliphatic heterocycles. The molecular formula is C13H16ClN3O3. The smallest absolute Gasteiger partial charge is 0.314 e. The molecule has 1 saturated heterocycles. The molecule has 0 spiro atoms. The van der Waals surface area contributed by atoms with Crippen LogP contribution in [0, 0.1) is 0 Å². The SMILES string of the molecule is NC(=O)N1CCC(Nc2cc3c(cc2Cl)OCO3)CC1. The summed E-state index contributed by atoms with van der Waals surface area (Å²) >= 11 is 6.22. The summed E-state index contributed by atoms with van der Waals surface area (Å²) in [6.07, 6.45) is 1.68. The van der Waals surface area contributed by atoms with E-state index < -0.39 is 0 Å². The Labute approximate surface area is 121 Å². The number of anilines is 1. The summed E-state index contributed by atoms with van der Waals surface area (Å²) in [4.78, 5) is 12.7. The molecule has 1 aromatic rings. The molecule has 6 nitrogen and oxygen atoms in total. The molecular weight excluding hydrogens is 282 g/mol. The van der Waals surface area contributed by atoms with Gasteiger partial charge in [-0.1, -0.05) is 11.6 Å². The quantitative estimate of drug-likeness (QED) is 0.875. The van der Waals surface area contributed by atoms with Crippen molar-refractivity contribution in [1.29, 1.82) is 0 Å². The lowest BCUT2D eigenvalue weighted by molar-refractivity contribution is 0.174. The lowest BCUT2D eigenvalue weighted by Crippen LogP contribution is -2.44. The second kappa shape index (κ2) is 5.28. The minimum Gasteiger partial charge on any atom is -0.454 e. The summed E-state index contributed by atoms with van der Waals surface area (Å²) in [5, 5.41) is 4.00. The molecule has 2 amide bonds. The molecule has 0 bridgehead atoms. The Balaban J connectivity index is 1.66. The zero-order valence-electron chi connectivity index (χ0n) is 10.9. The van der Waals surface area contributed by atoms with Crippen LogP contribution in [0.5, 0.6) is 11.5 Å². The number of nitrogens with zero attached hydrogens (tertiary/aromatic N) is 1. The van der Waals surface area contributed by atoms with Gasteiger partial charge in [0.2, 0.25) is 6.79 Å². The number of hydrogen-bond acceptors (Lipinski definition) is 4. The maximum Gasteiger partial charge on any atom is 0.314 e. The largest absolute Gasteiger partial charge is 0.454 e. The molecule has 0 atom stereocenters. The fourth-order valence-corrected chi connectivity index (χ4v) is 2.70. The van der Waals surface area contributed by atoms with Crippen LogP contribution in [0.2, 0.25) is 5.02 Å². The Kier molecular flexibility index (Phi) is 3.48. The molecule has 1 aromatic carbocycles. The number of fused-ring (bicyclic) bond motifs is 1. The summed E-state index contributed by atoms with van der Waals surface area (Å²) < 4.78 is 10.6. The zero-order valence-corrected chi connectivity index (χ0v) is 11.7. The van der Waals surface area contributed by atoms with Crippen molar-refractivity contribution in [3.63, 3.8) is 0 Å². The number of likely N-dealkylation sites (tertiary alicyclic amines) is 1. The standard InChI is InChI=1S/C13H16ClN3O3/c14-9-5-11-12(20-7-19-11)6-10(9)16-8-1-3-17(4-2-8)13(15)18/h5-6,8,16H,1-4,7H2,(H2,15,18). The molecule has 0 unspecified atom stereocenters. The molecule has 2 aliphatic rings. The molecule has 108 valence electrons. The maximum absolute atomic E-state index is 11.1. The van der Waals surface area contributed by atoms with Crippen molar-refractivity contribution in [3.8, 4) is 11.5 Å². The Morgan fingerprint density at radius 3 is 2.60 bits per heavy atom. The number of carbonyl (C=O) groups excluding carboxylic acids is 1. The van der Waals surface area contributed by atoms with Crippen LogP contribution in [0.3, 0.4) is 0 Å². The van der Waals surface area contributed by atoms with Gasteiger partial charge in [-0.15, -0.1) is 0 Å². The average molecular weight is 298 g/mol. The van der Waals surface area contributed by atoms with E-state index in [1.54, 1.807) is 11.0 Å². The number of halogens is 1. The van der Waals surface area contributed by atoms with Crippen LogP contribution in [0.4, 0.5) is 10.5 Å². The van der Waals surface area contributed by atoms with Gasteiger partial charge >= 0.3 is 6.03 Å². The highest BCUT2D eigenvalue weighted by Crippen LogP contribution is 2.39. The Bertz CT molecular complexity index is 530. The van der Waals surface area contributed by atoms with Crippen LogP contribution in [0.15, 0.2) is 12.1 Å². The molecule has 1 fully saturated rings. The molecule has 3 rings (SSSR count). The lowest BCUT2D eigenvalue weighted by atomic mass is 10.0. The monoisotopic (exact) mass is 297 g/mol. The Morgan fingerprint density at radius 2 is 1.95 bits per heavy atom. The van der Waals surface area contributed by atoms with Gasteiger partial charge in [-0.25, -0.2) is 4.79 Å². The minimum absolute atomic E-state index is 0.228. The van der Waals surface area contributed by atoms with E-state index in [-0.39, 0.29) is 18.9 Å². The normalized spacial score (nSPS) is 18.1. The molecule has 0 aliphatic carbocycles. The first kappa shape index (κ1) is 13.2. The van der Waals surface area contributed by atoms with Crippen LogP contribution in [-0.2, 0) is 0 Å². The van der Waals surface area contributed by atoms with Crippen molar-refractivity contribution >= 4 is 23.3 Å². The van der Waals surface area contributed by atoms with Crippen molar-refractivity contribution < 1.29 is 14.3 Å². The van der Waals surface area contributed by atoms with Crippen molar-refractivity contribution in [2.75, 3.05) is 25.2 Å². The highest BCUT2D eigenvalue weighted by atomic mass is 35.5. The molecule has 2 heterocycles. The number of urea groups is 1. The van der Waals surface area contributed by atoms with Gasteiger partial charge < -0.3 is 25.4 Å². The number of nitrogens with two attached hydrogens (primary N) is 1. The molecule has 7 heteroatoms. The van der Waals surface area contributed by atoms with Crippen LogP contribution in [0.1, 0.15) is 12.8 Å². The van der Waals surface area contributed by atoms with E-state index in [0.29, 0.717) is 29.6 Å². The third kappa shape index (κ3) is 2.56. The summed E-state index contributed by atoms with van der Waals surface area (Å²) in [5.41, 5.74) is 6.09. The van der Waals surface area contributed by atoms with Crippen LogP contribution in [-0.4, -0.2) is 36.9 Å². The summed E-state index contributed by atoms with van der Waals surface area (Å²) in [6, 6.07) is 3.52. The van der Waals surface area contributed by atoms with Gasteiger partial charge in [0.1, 0.15) is 0 Å². The third-order valence-corrected chi connectivity index (χ3v) is 3.94. The summed E-state index contributed by atoms with van der Waals surface area (Å²) in [6.45, 7) is 1.55. The molecule has 20 heavy (non-hydrogen) atoms. The van der Waals surface area contributed by atoms with Crippen molar-refractivity contribution in [1.82, 2.24) is 4.90 Å². The predicted molar refractivity (Wildman–Crippen MR) is 75.4 cm³/mol. The molecule has 0 saturated carbocycles. The third-order valence-electron chi connectivity index (χ3n) is 3.63. The van der Waals surface area contributed by atoms with Gasteiger partial charge in [0.25, 0.3) is 0 Å². The first-order chi connectivity index (χ1) is 9.63. The van der Waals surface area contributed by atoms with E-state index >= 15 is 0 Å². The number of amides is 2. The fraction of sp³-hybridized carbons (Fsp3) is 0.462. The highest BCUT2D eigenvalue weighted by molar-refractivity contribution is 6.33. The van der Waals surface area contributed by atoms with E-state index in [4.69, 9.17) is 26.8 Å². The number of nitrogens with one attached hydrogen (secondary N) is 1. The van der Waals surface area contributed by atoms with Gasteiger partial charge in [-0.3, -0.25) is 0 Å². The number of benzene rings is 1. The minimum atomic E-state index is -0.357. The Morgan fingerprint density at radius 1 is 1.30 bits per heavy atom. The predicted octanol–water partition coefficient (Wildman–Crippen LogP) is 2.02. The number of carbonyl (C=O) groups is 1. The molecule has 0 radical (unpaired) electrons. The van der Waals surface area contributed by atoms with Gasteiger partial charge in [-0.05, 0) is 12.8 Å². The summed E-state index contributed by atoms with van der Waals surface area (Å²) in [7, 11) is 0. The topological polar surface area (TPSA) is 76.8 Å². The average Bonchev–Trinajstić information content (AvgIpc) is 2.87. The van der Waals surface area contributed by atoms with Crippen LogP contribution in [0.25, 0.3) is 0 Å². The van der Waals surface area contributed by atoms with Crippen molar-refractivity contribution in [2.24, 2.45) is 5.73 Å². The zero-order chi connectivity index (χ0) is 14.1.